The summed E-state index contributed by atoms with van der Waals surface area (Å²) in [4.78, 5) is 17.0. The SMILES string of the molecule is CC[C@H](OC)C(=O)N1CC[C@H](N2CCCC2)[C@H]1C. The number of rotatable bonds is 4. The van der Waals surface area contributed by atoms with Crippen molar-refractivity contribution in [2.24, 2.45) is 0 Å². The second-order valence-electron chi connectivity index (χ2n) is 5.50. The van der Waals surface area contributed by atoms with Crippen LogP contribution in [0.25, 0.3) is 0 Å². The van der Waals surface area contributed by atoms with Gasteiger partial charge in [0.25, 0.3) is 5.91 Å². The maximum Gasteiger partial charge on any atom is 0.251 e. The van der Waals surface area contributed by atoms with E-state index in [-0.39, 0.29) is 12.0 Å². The first-order valence-electron chi connectivity index (χ1n) is 7.26. The van der Waals surface area contributed by atoms with Crippen LogP contribution in [0.15, 0.2) is 0 Å². The van der Waals surface area contributed by atoms with Crippen LogP contribution in [0.3, 0.4) is 0 Å². The Kier molecular flexibility index (Phi) is 4.62. The van der Waals surface area contributed by atoms with Crippen molar-refractivity contribution in [2.45, 2.75) is 57.7 Å². The van der Waals surface area contributed by atoms with Crippen LogP contribution in [0, 0.1) is 0 Å². The highest BCUT2D eigenvalue weighted by atomic mass is 16.5. The summed E-state index contributed by atoms with van der Waals surface area (Å²) < 4.78 is 5.28. The number of carbonyl (C=O) groups is 1. The molecular formula is C14H26N2O2. The normalized spacial score (nSPS) is 30.9. The Bertz CT molecular complexity index is 286. The Morgan fingerprint density at radius 1 is 1.33 bits per heavy atom. The molecule has 2 aliphatic rings. The molecule has 2 fully saturated rings. The van der Waals surface area contributed by atoms with Crippen molar-refractivity contribution in [3.05, 3.63) is 0 Å². The van der Waals surface area contributed by atoms with Crippen molar-refractivity contribution in [1.29, 1.82) is 0 Å². The van der Waals surface area contributed by atoms with Crippen LogP contribution in [0.1, 0.15) is 39.5 Å². The Hall–Kier alpha value is -0.610. The Balaban J connectivity index is 1.97. The van der Waals surface area contributed by atoms with Gasteiger partial charge in [-0.3, -0.25) is 9.69 Å². The molecule has 104 valence electrons. The summed E-state index contributed by atoms with van der Waals surface area (Å²) in [5.41, 5.74) is 0. The molecule has 2 rings (SSSR count). The molecule has 4 nitrogen and oxygen atoms in total. The molecule has 0 aromatic rings. The zero-order valence-corrected chi connectivity index (χ0v) is 11.9. The number of carbonyl (C=O) groups excluding carboxylic acids is 1. The van der Waals surface area contributed by atoms with E-state index in [9.17, 15) is 4.79 Å². The van der Waals surface area contributed by atoms with Crippen molar-refractivity contribution < 1.29 is 9.53 Å². The summed E-state index contributed by atoms with van der Waals surface area (Å²) in [6.45, 7) is 7.50. The summed E-state index contributed by atoms with van der Waals surface area (Å²) >= 11 is 0. The van der Waals surface area contributed by atoms with Crippen LogP contribution in [-0.2, 0) is 9.53 Å². The first-order chi connectivity index (χ1) is 8.69. The zero-order valence-electron chi connectivity index (χ0n) is 11.9. The van der Waals surface area contributed by atoms with Gasteiger partial charge in [-0.25, -0.2) is 0 Å². The molecule has 1 amide bonds. The van der Waals surface area contributed by atoms with E-state index in [1.807, 2.05) is 11.8 Å². The van der Waals surface area contributed by atoms with Gasteiger partial charge in [0.05, 0.1) is 0 Å². The molecule has 0 bridgehead atoms. The Morgan fingerprint density at radius 2 is 2.00 bits per heavy atom. The van der Waals surface area contributed by atoms with E-state index in [0.29, 0.717) is 12.1 Å². The standard InChI is InChI=1S/C14H26N2O2/c1-4-13(18-3)14(17)16-10-7-12(11(16)2)15-8-5-6-9-15/h11-13H,4-10H2,1-3H3/t11-,12+,13+/m1/s1. The van der Waals surface area contributed by atoms with Crippen LogP contribution >= 0.6 is 0 Å². The van der Waals surface area contributed by atoms with E-state index in [2.05, 4.69) is 11.8 Å². The number of ether oxygens (including phenoxy) is 1. The summed E-state index contributed by atoms with van der Waals surface area (Å²) in [6.07, 6.45) is 4.24. The van der Waals surface area contributed by atoms with Gasteiger partial charge in [0.15, 0.2) is 0 Å². The molecule has 0 spiro atoms. The van der Waals surface area contributed by atoms with E-state index in [4.69, 9.17) is 4.74 Å². The molecule has 2 saturated heterocycles. The summed E-state index contributed by atoms with van der Waals surface area (Å²) in [5, 5.41) is 0. The van der Waals surface area contributed by atoms with Gasteiger partial charge in [0.2, 0.25) is 0 Å². The molecule has 0 radical (unpaired) electrons. The fraction of sp³-hybridized carbons (Fsp3) is 0.929. The molecular weight excluding hydrogens is 228 g/mol. The van der Waals surface area contributed by atoms with Gasteiger partial charge >= 0.3 is 0 Å². The van der Waals surface area contributed by atoms with E-state index >= 15 is 0 Å². The van der Waals surface area contributed by atoms with Crippen LogP contribution in [-0.4, -0.2) is 60.6 Å². The van der Waals surface area contributed by atoms with E-state index in [0.717, 1.165) is 19.4 Å². The molecule has 3 atom stereocenters. The Morgan fingerprint density at radius 3 is 2.56 bits per heavy atom. The third-order valence-electron chi connectivity index (χ3n) is 4.54. The van der Waals surface area contributed by atoms with E-state index in [1.54, 1.807) is 7.11 Å². The number of hydrogen-bond donors (Lipinski definition) is 0. The summed E-state index contributed by atoms with van der Waals surface area (Å²) in [7, 11) is 1.63. The van der Waals surface area contributed by atoms with Crippen LogP contribution < -0.4 is 0 Å². The van der Waals surface area contributed by atoms with Gasteiger partial charge in [-0.15, -0.1) is 0 Å². The molecule has 4 heteroatoms. The van der Waals surface area contributed by atoms with Crippen molar-refractivity contribution in [3.8, 4) is 0 Å². The fourth-order valence-corrected chi connectivity index (χ4v) is 3.42. The quantitative estimate of drug-likeness (QED) is 0.762. The fourth-order valence-electron chi connectivity index (χ4n) is 3.42. The molecule has 2 aliphatic heterocycles. The lowest BCUT2D eigenvalue weighted by atomic mass is 10.1. The minimum absolute atomic E-state index is 0.175. The van der Waals surface area contributed by atoms with Gasteiger partial charge in [-0.1, -0.05) is 6.92 Å². The van der Waals surface area contributed by atoms with E-state index in [1.165, 1.54) is 25.9 Å². The van der Waals surface area contributed by atoms with Crippen LogP contribution in [0.2, 0.25) is 0 Å². The highest BCUT2D eigenvalue weighted by Gasteiger charge is 2.39. The monoisotopic (exact) mass is 254 g/mol. The summed E-state index contributed by atoms with van der Waals surface area (Å²) in [5.74, 6) is 0.175. The lowest BCUT2D eigenvalue weighted by Gasteiger charge is -2.31. The van der Waals surface area contributed by atoms with Gasteiger partial charge < -0.3 is 9.64 Å². The van der Waals surface area contributed by atoms with Crippen LogP contribution in [0.4, 0.5) is 0 Å². The van der Waals surface area contributed by atoms with Crippen molar-refractivity contribution >= 4 is 5.91 Å². The third kappa shape index (κ3) is 2.54. The predicted octanol–water partition coefficient (Wildman–Crippen LogP) is 1.50. The van der Waals surface area contributed by atoms with Gasteiger partial charge in [-0.2, -0.15) is 0 Å². The topological polar surface area (TPSA) is 32.8 Å². The van der Waals surface area contributed by atoms with Gasteiger partial charge in [-0.05, 0) is 45.7 Å². The molecule has 0 unspecified atom stereocenters. The minimum Gasteiger partial charge on any atom is -0.372 e. The number of nitrogens with zero attached hydrogens (tertiary/aromatic N) is 2. The molecule has 0 aliphatic carbocycles. The molecule has 0 aromatic carbocycles. The highest BCUT2D eigenvalue weighted by molar-refractivity contribution is 5.81. The lowest BCUT2D eigenvalue weighted by molar-refractivity contribution is -0.143. The first-order valence-corrected chi connectivity index (χ1v) is 7.26. The van der Waals surface area contributed by atoms with Crippen LogP contribution in [0.5, 0.6) is 0 Å². The second-order valence-corrected chi connectivity index (χ2v) is 5.50. The largest absolute Gasteiger partial charge is 0.372 e. The average Bonchev–Trinajstić information content (AvgIpc) is 2.99. The Labute approximate surface area is 110 Å². The highest BCUT2D eigenvalue weighted by Crippen LogP contribution is 2.27. The second kappa shape index (κ2) is 6.02. The predicted molar refractivity (Wildman–Crippen MR) is 71.5 cm³/mol. The molecule has 18 heavy (non-hydrogen) atoms. The molecule has 2 heterocycles. The molecule has 0 aromatic heterocycles. The van der Waals surface area contributed by atoms with Gasteiger partial charge in [0.1, 0.15) is 6.10 Å². The van der Waals surface area contributed by atoms with Gasteiger partial charge in [0, 0.05) is 25.7 Å². The van der Waals surface area contributed by atoms with Crippen molar-refractivity contribution in [1.82, 2.24) is 9.80 Å². The lowest BCUT2D eigenvalue weighted by Crippen LogP contribution is -2.47. The number of hydrogen-bond acceptors (Lipinski definition) is 3. The third-order valence-corrected chi connectivity index (χ3v) is 4.54. The maximum atomic E-state index is 12.4. The molecule has 0 N–H and O–H groups in total. The average molecular weight is 254 g/mol. The smallest absolute Gasteiger partial charge is 0.251 e. The zero-order chi connectivity index (χ0) is 13.1. The van der Waals surface area contributed by atoms with Crippen molar-refractivity contribution in [3.63, 3.8) is 0 Å². The first kappa shape index (κ1) is 13.8. The minimum atomic E-state index is -0.259. The number of methoxy groups -OCH3 is 1. The van der Waals surface area contributed by atoms with E-state index < -0.39 is 0 Å². The summed E-state index contributed by atoms with van der Waals surface area (Å²) in [6, 6.07) is 0.894. The van der Waals surface area contributed by atoms with Crippen molar-refractivity contribution in [2.75, 3.05) is 26.7 Å². The number of amides is 1. The number of likely N-dealkylation sites (tertiary alicyclic amines) is 2. The maximum absolute atomic E-state index is 12.4. The molecule has 0 saturated carbocycles.